The SMILES string of the molecule is CN=C(NCCOc1ccccc1)N(C)Cc1cccn1C.I. The van der Waals surface area contributed by atoms with E-state index in [4.69, 9.17) is 4.74 Å². The summed E-state index contributed by atoms with van der Waals surface area (Å²) in [4.78, 5) is 6.40. The molecule has 0 atom stereocenters. The van der Waals surface area contributed by atoms with Crippen molar-refractivity contribution < 1.29 is 4.74 Å². The third-order valence-corrected chi connectivity index (χ3v) is 3.42. The highest BCUT2D eigenvalue weighted by molar-refractivity contribution is 14.0. The van der Waals surface area contributed by atoms with Gasteiger partial charge in [0.25, 0.3) is 0 Å². The van der Waals surface area contributed by atoms with Crippen LogP contribution in [-0.4, -0.2) is 42.7 Å². The van der Waals surface area contributed by atoms with Gasteiger partial charge in [0.2, 0.25) is 0 Å². The first-order valence-corrected chi connectivity index (χ1v) is 7.40. The van der Waals surface area contributed by atoms with Crippen molar-refractivity contribution in [1.82, 2.24) is 14.8 Å². The minimum absolute atomic E-state index is 0. The molecule has 0 aliphatic heterocycles. The molecule has 0 bridgehead atoms. The lowest BCUT2D eigenvalue weighted by atomic mass is 10.3. The molecule has 0 saturated heterocycles. The Labute approximate surface area is 155 Å². The van der Waals surface area contributed by atoms with Gasteiger partial charge >= 0.3 is 0 Å². The molecule has 0 unspecified atom stereocenters. The second kappa shape index (κ2) is 10.1. The summed E-state index contributed by atoms with van der Waals surface area (Å²) >= 11 is 0. The zero-order valence-electron chi connectivity index (χ0n) is 13.9. The summed E-state index contributed by atoms with van der Waals surface area (Å²) in [6, 6.07) is 14.0. The highest BCUT2D eigenvalue weighted by atomic mass is 127. The molecule has 1 aromatic heterocycles. The molecule has 2 rings (SSSR count). The van der Waals surface area contributed by atoms with Crippen molar-refractivity contribution in [3.8, 4) is 5.75 Å². The highest BCUT2D eigenvalue weighted by Crippen LogP contribution is 2.07. The number of aliphatic imine (C=N–C) groups is 1. The summed E-state index contributed by atoms with van der Waals surface area (Å²) in [6.45, 7) is 2.11. The molecule has 23 heavy (non-hydrogen) atoms. The molecule has 0 spiro atoms. The Balaban J connectivity index is 0.00000264. The number of ether oxygens (including phenoxy) is 1. The number of nitrogens with zero attached hydrogens (tertiary/aromatic N) is 3. The average molecular weight is 428 g/mol. The first-order chi connectivity index (χ1) is 10.7. The Morgan fingerprint density at radius 2 is 1.96 bits per heavy atom. The summed E-state index contributed by atoms with van der Waals surface area (Å²) < 4.78 is 7.78. The number of hydrogen-bond donors (Lipinski definition) is 1. The predicted molar refractivity (Wildman–Crippen MR) is 106 cm³/mol. The third-order valence-electron chi connectivity index (χ3n) is 3.42. The number of aromatic nitrogens is 1. The molecule has 126 valence electrons. The maximum absolute atomic E-state index is 5.67. The molecule has 0 saturated carbocycles. The van der Waals surface area contributed by atoms with Crippen molar-refractivity contribution in [3.63, 3.8) is 0 Å². The van der Waals surface area contributed by atoms with Crippen LogP contribution in [0.5, 0.6) is 5.75 Å². The van der Waals surface area contributed by atoms with Gasteiger partial charge in [0.15, 0.2) is 5.96 Å². The summed E-state index contributed by atoms with van der Waals surface area (Å²) in [5.74, 6) is 1.74. The van der Waals surface area contributed by atoms with Crippen LogP contribution in [0.1, 0.15) is 5.69 Å². The molecule has 0 aliphatic carbocycles. The minimum Gasteiger partial charge on any atom is -0.492 e. The van der Waals surface area contributed by atoms with E-state index < -0.39 is 0 Å². The Kier molecular flexibility index (Phi) is 8.53. The molecule has 1 aromatic carbocycles. The van der Waals surface area contributed by atoms with E-state index in [1.54, 1.807) is 7.05 Å². The van der Waals surface area contributed by atoms with Gasteiger partial charge in [-0.25, -0.2) is 0 Å². The smallest absolute Gasteiger partial charge is 0.193 e. The van der Waals surface area contributed by atoms with E-state index >= 15 is 0 Å². The Morgan fingerprint density at radius 1 is 1.22 bits per heavy atom. The number of para-hydroxylation sites is 1. The topological polar surface area (TPSA) is 41.8 Å². The number of benzene rings is 1. The zero-order chi connectivity index (χ0) is 15.8. The molecule has 6 heteroatoms. The predicted octanol–water partition coefficient (Wildman–Crippen LogP) is 2.73. The minimum atomic E-state index is 0. The Morgan fingerprint density at radius 3 is 2.57 bits per heavy atom. The fraction of sp³-hybridized carbons (Fsp3) is 0.353. The van der Waals surface area contributed by atoms with Crippen molar-refractivity contribution >= 4 is 29.9 Å². The number of aryl methyl sites for hydroxylation is 1. The van der Waals surface area contributed by atoms with Gasteiger partial charge in [-0.1, -0.05) is 18.2 Å². The standard InChI is InChI=1S/C17H24N4O.HI/c1-18-17(21(3)14-15-8-7-12-20(15)2)19-11-13-22-16-9-5-4-6-10-16;/h4-10,12H,11,13-14H2,1-3H3,(H,18,19);1H. The Bertz CT molecular complexity index is 598. The number of halogens is 1. The molecule has 2 aromatic rings. The molecule has 0 amide bonds. The maximum atomic E-state index is 5.67. The van der Waals surface area contributed by atoms with Crippen LogP contribution in [-0.2, 0) is 13.6 Å². The van der Waals surface area contributed by atoms with Crippen molar-refractivity contribution in [3.05, 3.63) is 54.4 Å². The van der Waals surface area contributed by atoms with Gasteiger partial charge in [-0.15, -0.1) is 24.0 Å². The van der Waals surface area contributed by atoms with Gasteiger partial charge in [0.1, 0.15) is 12.4 Å². The van der Waals surface area contributed by atoms with Gasteiger partial charge in [0.05, 0.1) is 13.1 Å². The van der Waals surface area contributed by atoms with Crippen LogP contribution in [0.3, 0.4) is 0 Å². The van der Waals surface area contributed by atoms with Crippen LogP contribution in [0.15, 0.2) is 53.7 Å². The van der Waals surface area contributed by atoms with Crippen molar-refractivity contribution in [1.29, 1.82) is 0 Å². The number of guanidine groups is 1. The van der Waals surface area contributed by atoms with E-state index in [0.717, 1.165) is 18.3 Å². The van der Waals surface area contributed by atoms with Crippen molar-refractivity contribution in [2.45, 2.75) is 6.54 Å². The van der Waals surface area contributed by atoms with Crippen LogP contribution >= 0.6 is 24.0 Å². The van der Waals surface area contributed by atoms with E-state index in [1.807, 2.05) is 56.7 Å². The molecule has 5 nitrogen and oxygen atoms in total. The quantitative estimate of drug-likeness (QED) is 0.333. The lowest BCUT2D eigenvalue weighted by molar-refractivity contribution is 0.319. The second-order valence-electron chi connectivity index (χ2n) is 5.10. The second-order valence-corrected chi connectivity index (χ2v) is 5.10. The molecule has 1 N–H and O–H groups in total. The van der Waals surface area contributed by atoms with Crippen LogP contribution < -0.4 is 10.1 Å². The number of rotatable bonds is 6. The monoisotopic (exact) mass is 428 g/mol. The fourth-order valence-electron chi connectivity index (χ4n) is 2.21. The summed E-state index contributed by atoms with van der Waals surface area (Å²) in [5, 5.41) is 3.31. The zero-order valence-corrected chi connectivity index (χ0v) is 16.2. The lowest BCUT2D eigenvalue weighted by Gasteiger charge is -2.22. The van der Waals surface area contributed by atoms with Gasteiger partial charge in [-0.3, -0.25) is 4.99 Å². The third kappa shape index (κ3) is 6.13. The first kappa shape index (κ1) is 19.3. The van der Waals surface area contributed by atoms with Crippen LogP contribution in [0.25, 0.3) is 0 Å². The van der Waals surface area contributed by atoms with Gasteiger partial charge in [-0.2, -0.15) is 0 Å². The molecular formula is C17H25IN4O. The van der Waals surface area contributed by atoms with Crippen LogP contribution in [0.2, 0.25) is 0 Å². The normalized spacial score (nSPS) is 10.8. The van der Waals surface area contributed by atoms with E-state index in [0.29, 0.717) is 13.2 Å². The lowest BCUT2D eigenvalue weighted by Crippen LogP contribution is -2.40. The van der Waals surface area contributed by atoms with E-state index in [9.17, 15) is 0 Å². The molecule has 0 radical (unpaired) electrons. The number of hydrogen-bond acceptors (Lipinski definition) is 2. The first-order valence-electron chi connectivity index (χ1n) is 7.40. The maximum Gasteiger partial charge on any atom is 0.193 e. The molecule has 0 fully saturated rings. The molecule has 0 aliphatic rings. The fourth-order valence-corrected chi connectivity index (χ4v) is 2.21. The molecular weight excluding hydrogens is 403 g/mol. The largest absolute Gasteiger partial charge is 0.492 e. The van der Waals surface area contributed by atoms with Crippen LogP contribution in [0, 0.1) is 0 Å². The van der Waals surface area contributed by atoms with Gasteiger partial charge in [0, 0.05) is 33.0 Å². The van der Waals surface area contributed by atoms with E-state index in [-0.39, 0.29) is 24.0 Å². The van der Waals surface area contributed by atoms with Crippen molar-refractivity contribution in [2.24, 2.45) is 12.0 Å². The van der Waals surface area contributed by atoms with Gasteiger partial charge < -0.3 is 19.5 Å². The van der Waals surface area contributed by atoms with E-state index in [1.165, 1.54) is 5.69 Å². The summed E-state index contributed by atoms with van der Waals surface area (Å²) in [6.07, 6.45) is 2.05. The average Bonchev–Trinajstić information content (AvgIpc) is 2.93. The summed E-state index contributed by atoms with van der Waals surface area (Å²) in [7, 11) is 5.87. The summed E-state index contributed by atoms with van der Waals surface area (Å²) in [5.41, 5.74) is 1.24. The van der Waals surface area contributed by atoms with Crippen molar-refractivity contribution in [2.75, 3.05) is 27.2 Å². The molecule has 1 heterocycles. The van der Waals surface area contributed by atoms with Gasteiger partial charge in [-0.05, 0) is 24.3 Å². The highest BCUT2D eigenvalue weighted by Gasteiger charge is 2.07. The van der Waals surface area contributed by atoms with E-state index in [2.05, 4.69) is 25.8 Å². The Hall–Kier alpha value is -1.70. The number of nitrogens with one attached hydrogen (secondary N) is 1. The van der Waals surface area contributed by atoms with Crippen LogP contribution in [0.4, 0.5) is 0 Å².